The second kappa shape index (κ2) is 5.53. The Morgan fingerprint density at radius 3 is 2.65 bits per heavy atom. The van der Waals surface area contributed by atoms with Gasteiger partial charge in [-0.3, -0.25) is 9.36 Å². The lowest BCUT2D eigenvalue weighted by Gasteiger charge is -2.08. The summed E-state index contributed by atoms with van der Waals surface area (Å²) >= 11 is 6.32. The van der Waals surface area contributed by atoms with E-state index in [4.69, 9.17) is 12.2 Å². The van der Waals surface area contributed by atoms with E-state index in [1.165, 1.54) is 15.9 Å². The molecule has 0 spiro atoms. The molecule has 20 heavy (non-hydrogen) atoms. The van der Waals surface area contributed by atoms with E-state index in [1.807, 2.05) is 13.8 Å². The molecule has 0 atom stereocenters. The molecule has 0 fully saturated rings. The van der Waals surface area contributed by atoms with Crippen molar-refractivity contribution in [3.8, 4) is 0 Å². The topological polar surface area (TPSA) is 37.8 Å². The minimum atomic E-state index is -4.30. The molecule has 0 saturated heterocycles. The molecule has 1 N–H and O–H groups in total. The molecule has 0 aliphatic carbocycles. The van der Waals surface area contributed by atoms with Gasteiger partial charge in [-0.25, -0.2) is 0 Å². The number of aromatic nitrogens is 2. The van der Waals surface area contributed by atoms with Gasteiger partial charge in [-0.1, -0.05) is 0 Å². The summed E-state index contributed by atoms with van der Waals surface area (Å²) in [5.41, 5.74) is -3.78. The highest BCUT2D eigenvalue weighted by atomic mass is 32.2. The van der Waals surface area contributed by atoms with Gasteiger partial charge in [0.2, 0.25) is 0 Å². The first-order valence-electron chi connectivity index (χ1n) is 5.64. The first kappa shape index (κ1) is 15.6. The zero-order valence-electron chi connectivity index (χ0n) is 10.6. The van der Waals surface area contributed by atoms with Crippen LogP contribution < -0.4 is 5.56 Å². The lowest BCUT2D eigenvalue weighted by atomic mass is 10.2. The van der Waals surface area contributed by atoms with E-state index in [0.29, 0.717) is 10.2 Å². The summed E-state index contributed by atoms with van der Waals surface area (Å²) in [5.74, 6) is -0.242. The number of aryl methyl sites for hydroxylation is 2. The second-order valence-corrected chi connectivity index (χ2v) is 6.94. The Kier molecular flexibility index (Phi) is 4.31. The molecule has 2 heterocycles. The smallest absolute Gasteiger partial charge is 0.323 e. The Morgan fingerprint density at radius 1 is 1.40 bits per heavy atom. The maximum absolute atomic E-state index is 12.3. The van der Waals surface area contributed by atoms with Crippen molar-refractivity contribution in [2.45, 2.75) is 25.9 Å². The van der Waals surface area contributed by atoms with Gasteiger partial charge in [0.05, 0.1) is 5.39 Å². The van der Waals surface area contributed by atoms with Crippen molar-refractivity contribution >= 4 is 45.5 Å². The van der Waals surface area contributed by atoms with Crippen molar-refractivity contribution in [3.05, 3.63) is 25.6 Å². The summed E-state index contributed by atoms with van der Waals surface area (Å²) < 4.78 is 37.7. The van der Waals surface area contributed by atoms with E-state index in [2.05, 4.69) is 4.98 Å². The largest absolute Gasteiger partial charge is 0.441 e. The van der Waals surface area contributed by atoms with Gasteiger partial charge in [0.1, 0.15) is 4.83 Å². The molecular formula is C11H11F3N2OS3. The van der Waals surface area contributed by atoms with E-state index in [9.17, 15) is 18.0 Å². The highest BCUT2D eigenvalue weighted by Crippen LogP contribution is 2.30. The number of fused-ring (bicyclic) bond motifs is 1. The van der Waals surface area contributed by atoms with Crippen LogP contribution in [0.25, 0.3) is 10.2 Å². The first-order valence-corrected chi connectivity index (χ1v) is 7.85. The third-order valence-electron chi connectivity index (χ3n) is 2.89. The first-order chi connectivity index (χ1) is 9.20. The van der Waals surface area contributed by atoms with Crippen LogP contribution >= 0.6 is 35.3 Å². The third kappa shape index (κ3) is 3.09. The number of thiophene rings is 1. The van der Waals surface area contributed by atoms with Crippen LogP contribution in [-0.4, -0.2) is 20.8 Å². The van der Waals surface area contributed by atoms with Gasteiger partial charge in [0, 0.05) is 17.2 Å². The Morgan fingerprint density at radius 2 is 2.05 bits per heavy atom. The zero-order valence-corrected chi connectivity index (χ0v) is 13.1. The van der Waals surface area contributed by atoms with E-state index in [-0.39, 0.29) is 34.4 Å². The maximum Gasteiger partial charge on any atom is 0.441 e. The van der Waals surface area contributed by atoms with E-state index < -0.39 is 5.51 Å². The van der Waals surface area contributed by atoms with Gasteiger partial charge >= 0.3 is 5.51 Å². The molecule has 2 rings (SSSR count). The molecule has 9 heteroatoms. The van der Waals surface area contributed by atoms with Crippen LogP contribution in [0.15, 0.2) is 4.79 Å². The molecule has 2 aromatic rings. The van der Waals surface area contributed by atoms with Crippen LogP contribution in [0.5, 0.6) is 0 Å². The highest BCUT2D eigenvalue weighted by molar-refractivity contribution is 8.00. The molecule has 0 unspecified atom stereocenters. The lowest BCUT2D eigenvalue weighted by molar-refractivity contribution is -0.0328. The Bertz CT molecular complexity index is 757. The van der Waals surface area contributed by atoms with Gasteiger partial charge < -0.3 is 4.98 Å². The number of hydrogen-bond acceptors (Lipinski definition) is 4. The molecular weight excluding hydrogens is 329 g/mol. The minimum absolute atomic E-state index is 0.0668. The molecule has 0 saturated carbocycles. The summed E-state index contributed by atoms with van der Waals surface area (Å²) in [6, 6.07) is 0. The summed E-state index contributed by atoms with van der Waals surface area (Å²) in [6.07, 6.45) is 0. The van der Waals surface area contributed by atoms with Gasteiger partial charge in [0.15, 0.2) is 4.77 Å². The van der Waals surface area contributed by atoms with Gasteiger partial charge in [-0.2, -0.15) is 13.2 Å². The molecule has 0 radical (unpaired) electrons. The van der Waals surface area contributed by atoms with Crippen LogP contribution in [0.4, 0.5) is 13.2 Å². The molecule has 3 nitrogen and oxygen atoms in total. The summed E-state index contributed by atoms with van der Waals surface area (Å²) in [7, 11) is 0. The Labute approximate surface area is 125 Å². The molecule has 0 bridgehead atoms. The number of thioether (sulfide) groups is 1. The molecule has 0 aromatic carbocycles. The van der Waals surface area contributed by atoms with Crippen molar-refractivity contribution < 1.29 is 13.2 Å². The predicted octanol–water partition coefficient (Wildman–Crippen LogP) is 3.99. The number of nitrogens with one attached hydrogen (secondary N) is 1. The summed E-state index contributed by atoms with van der Waals surface area (Å²) in [6.45, 7) is 3.64. The highest BCUT2D eigenvalue weighted by Gasteiger charge is 2.27. The fraction of sp³-hybridized carbons (Fsp3) is 0.455. The van der Waals surface area contributed by atoms with E-state index in [1.54, 1.807) is 0 Å². The second-order valence-electron chi connectivity index (χ2n) is 4.17. The van der Waals surface area contributed by atoms with Gasteiger partial charge in [-0.15, -0.1) is 11.3 Å². The molecule has 0 aliphatic heterocycles. The molecule has 110 valence electrons. The Hall–Kier alpha value is -0.800. The van der Waals surface area contributed by atoms with Crippen LogP contribution in [0.1, 0.15) is 10.4 Å². The van der Waals surface area contributed by atoms with Crippen LogP contribution in [0.3, 0.4) is 0 Å². The number of nitrogens with zero attached hydrogens (tertiary/aromatic N) is 1. The SMILES string of the molecule is Cc1sc2[nH]c(=S)n(CCSC(F)(F)F)c(=O)c2c1C. The number of rotatable bonds is 3. The molecule has 0 aliphatic rings. The number of halogens is 3. The van der Waals surface area contributed by atoms with Crippen molar-refractivity contribution in [1.82, 2.24) is 9.55 Å². The van der Waals surface area contributed by atoms with Crippen molar-refractivity contribution in [2.24, 2.45) is 0 Å². The fourth-order valence-electron chi connectivity index (χ4n) is 1.82. The summed E-state index contributed by atoms with van der Waals surface area (Å²) in [5, 5.41) is 0.512. The van der Waals surface area contributed by atoms with Crippen molar-refractivity contribution in [2.75, 3.05) is 5.75 Å². The number of aromatic amines is 1. The third-order valence-corrected chi connectivity index (χ3v) is 5.05. The summed E-state index contributed by atoms with van der Waals surface area (Å²) in [4.78, 5) is 16.9. The molecule has 2 aromatic heterocycles. The van der Waals surface area contributed by atoms with E-state index >= 15 is 0 Å². The lowest BCUT2D eigenvalue weighted by Crippen LogP contribution is -2.23. The molecule has 0 amide bonds. The van der Waals surface area contributed by atoms with Crippen LogP contribution in [0, 0.1) is 18.6 Å². The van der Waals surface area contributed by atoms with Gasteiger partial charge in [0.25, 0.3) is 5.56 Å². The Balaban J connectivity index is 2.42. The average Bonchev–Trinajstić information content (AvgIpc) is 2.58. The number of H-pyrrole nitrogens is 1. The van der Waals surface area contributed by atoms with Crippen LogP contribution in [0.2, 0.25) is 0 Å². The van der Waals surface area contributed by atoms with Crippen LogP contribution in [-0.2, 0) is 6.54 Å². The van der Waals surface area contributed by atoms with E-state index in [0.717, 1.165) is 10.4 Å². The van der Waals surface area contributed by atoms with Gasteiger partial charge in [-0.05, 0) is 43.4 Å². The average molecular weight is 340 g/mol. The fourth-order valence-corrected chi connectivity index (χ4v) is 3.72. The normalized spacial score (nSPS) is 12.2. The number of alkyl halides is 3. The number of hydrogen-bond donors (Lipinski definition) is 1. The zero-order chi connectivity index (χ0) is 15.1. The standard InChI is InChI=1S/C11H11F3N2OS3/c1-5-6(2)20-8-7(5)9(17)16(10(18)15-8)3-4-19-11(12,13)14/h3-4H2,1-2H3,(H,15,18). The van der Waals surface area contributed by atoms with Crippen molar-refractivity contribution in [1.29, 1.82) is 0 Å². The quantitative estimate of drug-likeness (QED) is 0.859. The maximum atomic E-state index is 12.3. The van der Waals surface area contributed by atoms with Crippen molar-refractivity contribution in [3.63, 3.8) is 0 Å². The minimum Gasteiger partial charge on any atom is -0.323 e. The predicted molar refractivity (Wildman–Crippen MR) is 79.3 cm³/mol. The monoisotopic (exact) mass is 340 g/mol.